The Morgan fingerprint density at radius 2 is 2.20 bits per heavy atom. The van der Waals surface area contributed by atoms with Gasteiger partial charge in [-0.05, 0) is 61.3 Å². The van der Waals surface area contributed by atoms with Gasteiger partial charge in [-0.3, -0.25) is 9.78 Å². The second-order valence-electron chi connectivity index (χ2n) is 7.74. The van der Waals surface area contributed by atoms with Crippen LogP contribution >= 0.6 is 11.3 Å². The highest BCUT2D eigenvalue weighted by molar-refractivity contribution is 7.17. The van der Waals surface area contributed by atoms with Gasteiger partial charge in [0, 0.05) is 36.4 Å². The molecule has 1 aliphatic heterocycles. The number of carbonyl (C=O) groups is 2. The molecule has 1 atom stereocenters. The molecular formula is C22H26N4O3S. The Labute approximate surface area is 179 Å². The molecule has 0 unspecified atom stereocenters. The molecule has 2 aliphatic rings. The number of pyridine rings is 1. The number of likely N-dealkylation sites (tertiary alicyclic amines) is 1. The average Bonchev–Trinajstić information content (AvgIpc) is 3.40. The Bertz CT molecular complexity index is 935. The molecule has 30 heavy (non-hydrogen) atoms. The number of carbonyl (C=O) groups excluding carboxylic acids is 2. The first-order chi connectivity index (χ1) is 14.6. The highest BCUT2D eigenvalue weighted by atomic mass is 32.1. The lowest BCUT2D eigenvalue weighted by atomic mass is 9.89. The molecule has 1 saturated heterocycles. The third kappa shape index (κ3) is 4.81. The molecule has 158 valence electrons. The summed E-state index contributed by atoms with van der Waals surface area (Å²) in [7, 11) is 0. The van der Waals surface area contributed by atoms with Crippen LogP contribution in [0.1, 0.15) is 35.3 Å². The Morgan fingerprint density at radius 1 is 1.37 bits per heavy atom. The number of nitrogens with zero attached hydrogens (tertiary/aromatic N) is 2. The number of hydrogen-bond donors (Lipinski definition) is 2. The normalized spacial score (nSPS) is 18.4. The van der Waals surface area contributed by atoms with E-state index in [-0.39, 0.29) is 17.9 Å². The molecule has 4 rings (SSSR count). The molecule has 3 N–H and O–H groups in total. The van der Waals surface area contributed by atoms with Crippen LogP contribution in [0.4, 0.5) is 15.5 Å². The molecule has 2 aromatic rings. The van der Waals surface area contributed by atoms with Crippen LogP contribution in [0.5, 0.6) is 0 Å². The minimum atomic E-state index is -0.222. The fourth-order valence-corrected chi connectivity index (χ4v) is 5.18. The van der Waals surface area contributed by atoms with E-state index in [2.05, 4.69) is 10.3 Å². The number of fused-ring (bicyclic) bond motifs is 1. The maximum atomic E-state index is 12.3. The lowest BCUT2D eigenvalue weighted by Gasteiger charge is -2.23. The predicted octanol–water partition coefficient (Wildman–Crippen LogP) is 3.71. The summed E-state index contributed by atoms with van der Waals surface area (Å²) in [4.78, 5) is 31.4. The molecule has 2 aromatic heterocycles. The average molecular weight is 427 g/mol. The van der Waals surface area contributed by atoms with Crippen molar-refractivity contribution in [3.05, 3.63) is 46.6 Å². The van der Waals surface area contributed by atoms with Crippen molar-refractivity contribution in [2.45, 2.75) is 32.1 Å². The molecule has 0 radical (unpaired) electrons. The van der Waals surface area contributed by atoms with Crippen LogP contribution in [-0.2, 0) is 22.4 Å². The molecule has 2 amide bonds. The number of nitrogen functional groups attached to an aromatic ring is 1. The molecule has 0 spiro atoms. The van der Waals surface area contributed by atoms with Crippen LogP contribution in [0.15, 0.2) is 30.6 Å². The van der Waals surface area contributed by atoms with Crippen LogP contribution in [0.3, 0.4) is 0 Å². The summed E-state index contributed by atoms with van der Waals surface area (Å²) in [5.41, 5.74) is 8.94. The number of thiophene rings is 1. The number of aromatic nitrogens is 1. The highest BCUT2D eigenvalue weighted by Crippen LogP contribution is 2.41. The molecule has 0 aromatic carbocycles. The van der Waals surface area contributed by atoms with E-state index in [9.17, 15) is 9.59 Å². The number of hydrogen-bond acceptors (Lipinski definition) is 6. The zero-order valence-corrected chi connectivity index (χ0v) is 17.6. The van der Waals surface area contributed by atoms with E-state index in [1.165, 1.54) is 22.3 Å². The van der Waals surface area contributed by atoms with E-state index >= 15 is 0 Å². The Balaban J connectivity index is 1.33. The zero-order chi connectivity index (χ0) is 20.9. The lowest BCUT2D eigenvalue weighted by Crippen LogP contribution is -2.30. The molecule has 3 heterocycles. The monoisotopic (exact) mass is 426 g/mol. The summed E-state index contributed by atoms with van der Waals surface area (Å²) in [6.45, 7) is 2.03. The minimum absolute atomic E-state index is 0.197. The van der Waals surface area contributed by atoms with Gasteiger partial charge in [0.2, 0.25) is 5.91 Å². The van der Waals surface area contributed by atoms with Crippen molar-refractivity contribution in [1.29, 1.82) is 0 Å². The van der Waals surface area contributed by atoms with Crippen molar-refractivity contribution in [2.75, 3.05) is 30.7 Å². The van der Waals surface area contributed by atoms with Crippen molar-refractivity contribution in [3.8, 4) is 0 Å². The second-order valence-corrected chi connectivity index (χ2v) is 8.84. The fourth-order valence-electron chi connectivity index (χ4n) is 3.89. The van der Waals surface area contributed by atoms with Crippen molar-refractivity contribution in [1.82, 2.24) is 9.88 Å². The topological polar surface area (TPSA) is 97.5 Å². The number of rotatable bonds is 5. The van der Waals surface area contributed by atoms with Crippen LogP contribution in [0, 0.1) is 5.92 Å². The SMILES string of the molecule is Nc1c(NC(=O)/C=C/c2cccnc2)sc2c1CC[C@@H](COC(=O)N1CCCC1)C2. The number of amides is 2. The Kier molecular flexibility index (Phi) is 6.32. The Morgan fingerprint density at radius 3 is 2.97 bits per heavy atom. The molecule has 1 aliphatic carbocycles. The third-order valence-electron chi connectivity index (χ3n) is 5.56. The largest absolute Gasteiger partial charge is 0.449 e. The summed E-state index contributed by atoms with van der Waals surface area (Å²) >= 11 is 1.52. The number of ether oxygens (including phenoxy) is 1. The summed E-state index contributed by atoms with van der Waals surface area (Å²) in [6.07, 6.45) is 11.1. The quantitative estimate of drug-likeness (QED) is 0.710. The van der Waals surface area contributed by atoms with Crippen molar-refractivity contribution >= 4 is 40.1 Å². The van der Waals surface area contributed by atoms with Crippen LogP contribution in [0.25, 0.3) is 6.08 Å². The van der Waals surface area contributed by atoms with Crippen LogP contribution in [-0.4, -0.2) is 41.6 Å². The number of anilines is 2. The molecular weight excluding hydrogens is 400 g/mol. The van der Waals surface area contributed by atoms with E-state index in [0.29, 0.717) is 17.3 Å². The van der Waals surface area contributed by atoms with Gasteiger partial charge >= 0.3 is 6.09 Å². The van der Waals surface area contributed by atoms with Gasteiger partial charge in [0.25, 0.3) is 0 Å². The van der Waals surface area contributed by atoms with E-state index in [4.69, 9.17) is 10.5 Å². The van der Waals surface area contributed by atoms with E-state index in [1.807, 2.05) is 12.1 Å². The fraction of sp³-hybridized carbons (Fsp3) is 0.409. The van der Waals surface area contributed by atoms with Gasteiger partial charge in [-0.15, -0.1) is 11.3 Å². The first kappa shape index (κ1) is 20.4. The van der Waals surface area contributed by atoms with E-state index in [1.54, 1.807) is 23.4 Å². The number of nitrogens with one attached hydrogen (secondary N) is 1. The summed E-state index contributed by atoms with van der Waals surface area (Å²) in [5, 5.41) is 3.59. The van der Waals surface area contributed by atoms with Gasteiger partial charge in [0.15, 0.2) is 0 Å². The molecule has 7 nitrogen and oxygen atoms in total. The highest BCUT2D eigenvalue weighted by Gasteiger charge is 2.27. The molecule has 0 saturated carbocycles. The zero-order valence-electron chi connectivity index (χ0n) is 16.8. The third-order valence-corrected chi connectivity index (χ3v) is 6.75. The van der Waals surface area contributed by atoms with Gasteiger partial charge in [-0.1, -0.05) is 6.07 Å². The second kappa shape index (κ2) is 9.30. The van der Waals surface area contributed by atoms with Crippen LogP contribution in [0.2, 0.25) is 0 Å². The number of nitrogens with two attached hydrogens (primary N) is 1. The molecule has 0 bridgehead atoms. The van der Waals surface area contributed by atoms with Crippen molar-refractivity contribution < 1.29 is 14.3 Å². The summed E-state index contributed by atoms with van der Waals surface area (Å²) < 4.78 is 5.53. The van der Waals surface area contributed by atoms with Gasteiger partial charge in [0.05, 0.1) is 12.3 Å². The maximum Gasteiger partial charge on any atom is 0.409 e. The lowest BCUT2D eigenvalue weighted by molar-refractivity contribution is -0.111. The standard InChI is InChI=1S/C22H26N4O3S/c23-20-17-7-5-16(14-29-22(28)26-10-1-2-11-26)12-18(17)30-21(20)25-19(27)8-6-15-4-3-9-24-13-15/h3-4,6,8-9,13,16H,1-2,5,7,10-12,14,23H2,(H,25,27)/b8-6+/t16-/m1/s1. The van der Waals surface area contributed by atoms with E-state index in [0.717, 1.165) is 56.3 Å². The van der Waals surface area contributed by atoms with E-state index < -0.39 is 0 Å². The van der Waals surface area contributed by atoms with Gasteiger partial charge < -0.3 is 20.7 Å². The van der Waals surface area contributed by atoms with Crippen molar-refractivity contribution in [3.63, 3.8) is 0 Å². The maximum absolute atomic E-state index is 12.3. The van der Waals surface area contributed by atoms with Crippen LogP contribution < -0.4 is 11.1 Å². The smallest absolute Gasteiger partial charge is 0.409 e. The van der Waals surface area contributed by atoms with Gasteiger partial charge in [-0.2, -0.15) is 0 Å². The van der Waals surface area contributed by atoms with Crippen molar-refractivity contribution in [2.24, 2.45) is 5.92 Å². The summed E-state index contributed by atoms with van der Waals surface area (Å²) in [5.74, 6) is 0.0661. The summed E-state index contributed by atoms with van der Waals surface area (Å²) in [6, 6.07) is 3.70. The Hall–Kier alpha value is -2.87. The predicted molar refractivity (Wildman–Crippen MR) is 118 cm³/mol. The first-order valence-corrected chi connectivity index (χ1v) is 11.1. The molecule has 8 heteroatoms. The van der Waals surface area contributed by atoms with Gasteiger partial charge in [0.1, 0.15) is 5.00 Å². The first-order valence-electron chi connectivity index (χ1n) is 10.3. The molecule has 1 fully saturated rings. The van der Waals surface area contributed by atoms with Gasteiger partial charge in [-0.25, -0.2) is 4.79 Å². The minimum Gasteiger partial charge on any atom is -0.449 e.